The number of aliphatic hydroxyl groups is 1. The second kappa shape index (κ2) is 78.9. The molecule has 0 aliphatic rings. The molecule has 19 heteroatoms. The van der Waals surface area contributed by atoms with Crippen molar-refractivity contribution in [2.45, 2.75) is 491 Å². The molecular formula is C89H174O17P2. The second-order valence-corrected chi connectivity index (χ2v) is 36.3. The van der Waals surface area contributed by atoms with Crippen molar-refractivity contribution >= 4 is 39.5 Å². The van der Waals surface area contributed by atoms with Gasteiger partial charge in [-0.15, -0.1) is 0 Å². The van der Waals surface area contributed by atoms with Gasteiger partial charge in [-0.25, -0.2) is 9.13 Å². The maximum absolute atomic E-state index is 13.2. The van der Waals surface area contributed by atoms with Gasteiger partial charge in [-0.3, -0.25) is 37.3 Å². The van der Waals surface area contributed by atoms with Crippen LogP contribution in [0.25, 0.3) is 0 Å². The lowest BCUT2D eigenvalue weighted by Crippen LogP contribution is -2.30. The van der Waals surface area contributed by atoms with E-state index in [0.29, 0.717) is 25.7 Å². The maximum Gasteiger partial charge on any atom is 0.472 e. The Kier molecular flexibility index (Phi) is 77.5. The summed E-state index contributed by atoms with van der Waals surface area (Å²) in [6.07, 6.45) is 70.9. The van der Waals surface area contributed by atoms with E-state index < -0.39 is 97.5 Å². The standard InChI is InChI=1S/C89H174O17P2/c1-8-9-10-11-12-13-14-27-34-42-49-56-63-70-86(91)99-77-85(106-89(94)73-66-59-52-45-38-37-41-48-55-62-69-82(6)7)79-104-108(97,98)102-75-83(90)74-101-107(95,96)103-78-84(105-88(93)72-65-58-51-44-36-31-26-22-18-16-20-24-29-33-40-47-54-61-68-81(4)5)76-100-87(92)71-64-57-50-43-35-30-25-21-17-15-19-23-28-32-39-46-53-60-67-80(2)3/h80-85,90H,8-79H2,1-7H3,(H,95,96)(H,97,98)/t83-,84-,85-/m1/s1. The Bertz CT molecular complexity index is 2080. The summed E-state index contributed by atoms with van der Waals surface area (Å²) in [7, 11) is -9.93. The minimum absolute atomic E-state index is 0.107. The molecule has 108 heavy (non-hydrogen) atoms. The Morgan fingerprint density at radius 1 is 0.250 bits per heavy atom. The first-order chi connectivity index (χ1) is 52.2. The highest BCUT2D eigenvalue weighted by Gasteiger charge is 2.31. The lowest BCUT2D eigenvalue weighted by atomic mass is 10.0. The van der Waals surface area contributed by atoms with Gasteiger partial charge in [0, 0.05) is 25.7 Å². The van der Waals surface area contributed by atoms with E-state index in [9.17, 15) is 43.2 Å². The number of phosphoric acid groups is 2. The fourth-order valence-corrected chi connectivity index (χ4v) is 15.5. The van der Waals surface area contributed by atoms with Crippen LogP contribution in [-0.2, 0) is 65.4 Å². The predicted octanol–water partition coefficient (Wildman–Crippen LogP) is 27.3. The van der Waals surface area contributed by atoms with Crippen LogP contribution in [0.15, 0.2) is 0 Å². The van der Waals surface area contributed by atoms with E-state index in [1.54, 1.807) is 0 Å². The summed E-state index contributed by atoms with van der Waals surface area (Å²) in [4.78, 5) is 73.3. The Balaban J connectivity index is 5.23. The van der Waals surface area contributed by atoms with Gasteiger partial charge in [0.05, 0.1) is 26.4 Å². The quantitative estimate of drug-likeness (QED) is 0.0222. The van der Waals surface area contributed by atoms with Gasteiger partial charge in [0.1, 0.15) is 19.3 Å². The maximum atomic E-state index is 13.2. The lowest BCUT2D eigenvalue weighted by Gasteiger charge is -2.21. The average molecular weight is 1580 g/mol. The Labute approximate surface area is 664 Å². The molecule has 0 bridgehead atoms. The molecule has 17 nitrogen and oxygen atoms in total. The van der Waals surface area contributed by atoms with Crippen LogP contribution in [0.3, 0.4) is 0 Å². The number of hydrogen-bond donors (Lipinski definition) is 3. The zero-order valence-corrected chi connectivity index (χ0v) is 73.1. The number of ether oxygens (including phenoxy) is 4. The smallest absolute Gasteiger partial charge is 0.462 e. The number of unbranched alkanes of at least 4 members (excludes halogenated alkanes) is 55. The molecule has 3 N–H and O–H groups in total. The van der Waals surface area contributed by atoms with Gasteiger partial charge in [-0.1, -0.05) is 421 Å². The van der Waals surface area contributed by atoms with Gasteiger partial charge in [-0.05, 0) is 43.4 Å². The van der Waals surface area contributed by atoms with E-state index in [4.69, 9.17) is 37.0 Å². The molecule has 0 amide bonds. The summed E-state index contributed by atoms with van der Waals surface area (Å²) in [5.74, 6) is 0.295. The summed E-state index contributed by atoms with van der Waals surface area (Å²) in [5.41, 5.74) is 0. The number of aliphatic hydroxyl groups excluding tert-OH is 1. The van der Waals surface area contributed by atoms with Gasteiger partial charge in [0.25, 0.3) is 0 Å². The van der Waals surface area contributed by atoms with E-state index in [-0.39, 0.29) is 25.7 Å². The van der Waals surface area contributed by atoms with Gasteiger partial charge >= 0.3 is 39.5 Å². The van der Waals surface area contributed by atoms with Crippen LogP contribution >= 0.6 is 15.6 Å². The zero-order valence-electron chi connectivity index (χ0n) is 71.3. The van der Waals surface area contributed by atoms with Crippen molar-refractivity contribution < 1.29 is 80.2 Å². The number of phosphoric ester groups is 2. The van der Waals surface area contributed by atoms with Crippen molar-refractivity contribution in [3.8, 4) is 0 Å². The molecule has 0 aromatic carbocycles. The van der Waals surface area contributed by atoms with E-state index >= 15 is 0 Å². The minimum atomic E-state index is -4.97. The third-order valence-electron chi connectivity index (χ3n) is 20.9. The molecule has 0 saturated carbocycles. The zero-order chi connectivity index (χ0) is 79.3. The molecule has 0 heterocycles. The summed E-state index contributed by atoms with van der Waals surface area (Å²) in [6.45, 7) is 12.1. The van der Waals surface area contributed by atoms with Crippen LogP contribution in [0.2, 0.25) is 0 Å². The molecule has 0 aliphatic heterocycles. The highest BCUT2D eigenvalue weighted by atomic mass is 31.2. The van der Waals surface area contributed by atoms with Crippen molar-refractivity contribution in [3.05, 3.63) is 0 Å². The molecule has 0 spiro atoms. The van der Waals surface area contributed by atoms with Crippen molar-refractivity contribution in [3.63, 3.8) is 0 Å². The van der Waals surface area contributed by atoms with Crippen molar-refractivity contribution in [2.75, 3.05) is 39.6 Å². The van der Waals surface area contributed by atoms with Gasteiger partial charge < -0.3 is 33.8 Å². The van der Waals surface area contributed by atoms with Crippen LogP contribution in [0.1, 0.15) is 472 Å². The van der Waals surface area contributed by atoms with Crippen molar-refractivity contribution in [1.82, 2.24) is 0 Å². The van der Waals surface area contributed by atoms with Crippen LogP contribution in [0.4, 0.5) is 0 Å². The fraction of sp³-hybridized carbons (Fsp3) is 0.955. The SMILES string of the molecule is CCCCCCCCCCCCCCCC(=O)OC[C@H](COP(=O)(O)OC[C@H](O)COP(=O)(O)OC[C@@H](COC(=O)CCCCCCCCCCCCCCCCCCCCC(C)C)OC(=O)CCCCCCCCCCCCCCCCCCCCC(C)C)OC(=O)CCCCCCCCCCCCC(C)C. The van der Waals surface area contributed by atoms with E-state index in [2.05, 4.69) is 48.5 Å². The molecule has 0 aliphatic carbocycles. The van der Waals surface area contributed by atoms with E-state index in [1.807, 2.05) is 0 Å². The minimum Gasteiger partial charge on any atom is -0.462 e. The number of hydrogen-bond acceptors (Lipinski definition) is 15. The summed E-state index contributed by atoms with van der Waals surface area (Å²) >= 11 is 0. The van der Waals surface area contributed by atoms with Gasteiger partial charge in [0.2, 0.25) is 0 Å². The Morgan fingerprint density at radius 3 is 0.630 bits per heavy atom. The molecule has 0 aromatic heterocycles. The molecule has 0 saturated heterocycles. The van der Waals surface area contributed by atoms with Crippen LogP contribution < -0.4 is 0 Å². The highest BCUT2D eigenvalue weighted by Crippen LogP contribution is 2.45. The summed E-state index contributed by atoms with van der Waals surface area (Å²) in [6, 6.07) is 0. The first kappa shape index (κ1) is 106. The fourth-order valence-electron chi connectivity index (χ4n) is 13.9. The lowest BCUT2D eigenvalue weighted by molar-refractivity contribution is -0.161. The van der Waals surface area contributed by atoms with E-state index in [0.717, 1.165) is 108 Å². The average Bonchev–Trinajstić information content (AvgIpc) is 0.899. The van der Waals surface area contributed by atoms with Crippen LogP contribution in [-0.4, -0.2) is 96.7 Å². The van der Waals surface area contributed by atoms with Gasteiger partial charge in [0.15, 0.2) is 12.2 Å². The van der Waals surface area contributed by atoms with Crippen molar-refractivity contribution in [2.24, 2.45) is 17.8 Å². The molecular weight excluding hydrogens is 1400 g/mol. The first-order valence-electron chi connectivity index (χ1n) is 45.8. The molecule has 2 unspecified atom stereocenters. The van der Waals surface area contributed by atoms with E-state index in [1.165, 1.54) is 283 Å². The number of carbonyl (C=O) groups excluding carboxylic acids is 4. The molecule has 642 valence electrons. The van der Waals surface area contributed by atoms with Crippen LogP contribution in [0.5, 0.6) is 0 Å². The molecule has 0 radical (unpaired) electrons. The predicted molar refractivity (Wildman–Crippen MR) is 446 cm³/mol. The first-order valence-corrected chi connectivity index (χ1v) is 48.8. The molecule has 0 fully saturated rings. The summed E-state index contributed by atoms with van der Waals surface area (Å²) in [5, 5.41) is 10.7. The second-order valence-electron chi connectivity index (χ2n) is 33.4. The molecule has 0 aromatic rings. The normalized spacial score (nSPS) is 13.8. The van der Waals surface area contributed by atoms with Crippen molar-refractivity contribution in [1.29, 1.82) is 0 Å². The third kappa shape index (κ3) is 82.1. The number of esters is 4. The third-order valence-corrected chi connectivity index (χ3v) is 22.8. The number of rotatable bonds is 87. The summed E-state index contributed by atoms with van der Waals surface area (Å²) < 4.78 is 69.0. The molecule has 0 rings (SSSR count). The Hall–Kier alpha value is -1.94. The Morgan fingerprint density at radius 2 is 0.426 bits per heavy atom. The highest BCUT2D eigenvalue weighted by molar-refractivity contribution is 7.47. The molecule has 5 atom stereocenters. The van der Waals surface area contributed by atoms with Gasteiger partial charge in [-0.2, -0.15) is 0 Å². The topological polar surface area (TPSA) is 237 Å². The largest absolute Gasteiger partial charge is 0.472 e. The van der Waals surface area contributed by atoms with Crippen LogP contribution in [0, 0.1) is 17.8 Å². The number of carbonyl (C=O) groups is 4. The monoisotopic (exact) mass is 1580 g/mol.